The van der Waals surface area contributed by atoms with Crippen molar-refractivity contribution in [1.82, 2.24) is 0 Å². The lowest BCUT2D eigenvalue weighted by atomic mass is 9.77. The summed E-state index contributed by atoms with van der Waals surface area (Å²) in [6.07, 6.45) is 1.17. The van der Waals surface area contributed by atoms with Crippen LogP contribution in [0.1, 0.15) is 20.3 Å². The first-order valence-electron chi connectivity index (χ1n) is 3.18. The van der Waals surface area contributed by atoms with E-state index >= 15 is 0 Å². The van der Waals surface area contributed by atoms with Crippen molar-refractivity contribution in [3.05, 3.63) is 0 Å². The van der Waals surface area contributed by atoms with Gasteiger partial charge in [0.2, 0.25) is 0 Å². The second kappa shape index (κ2) is 3.54. The monoisotopic (exact) mass is 181 g/mol. The summed E-state index contributed by atoms with van der Waals surface area (Å²) in [6, 6.07) is 0. The van der Waals surface area contributed by atoms with Crippen molar-refractivity contribution in [2.75, 3.05) is 6.26 Å². The molecule has 0 aliphatic carbocycles. The van der Waals surface area contributed by atoms with Crippen LogP contribution in [-0.4, -0.2) is 27.7 Å². The first-order chi connectivity index (χ1) is 4.83. The second-order valence-electron chi connectivity index (χ2n) is 2.56. The van der Waals surface area contributed by atoms with Crippen LogP contribution in [0.3, 0.4) is 0 Å². The molecule has 0 bridgehead atoms. The standard InChI is InChI=1S/C5H11BFO3S/c1-4-5(2,6-7)10-11(3,8)9/h4H2,1-3H3. The van der Waals surface area contributed by atoms with Gasteiger partial charge in [0.1, 0.15) is 0 Å². The Balaban J connectivity index is 4.32. The molecule has 6 heteroatoms. The van der Waals surface area contributed by atoms with Gasteiger partial charge in [-0.2, -0.15) is 8.42 Å². The van der Waals surface area contributed by atoms with Crippen molar-refractivity contribution in [2.24, 2.45) is 0 Å². The highest BCUT2D eigenvalue weighted by Gasteiger charge is 2.30. The van der Waals surface area contributed by atoms with Gasteiger partial charge in [-0.25, -0.2) is 0 Å². The molecule has 0 aromatic carbocycles. The van der Waals surface area contributed by atoms with Gasteiger partial charge < -0.3 is 4.32 Å². The molecule has 0 rings (SSSR count). The van der Waals surface area contributed by atoms with Crippen LogP contribution in [0.4, 0.5) is 4.32 Å². The molecule has 0 aliphatic heterocycles. The van der Waals surface area contributed by atoms with Crippen LogP contribution < -0.4 is 0 Å². The summed E-state index contributed by atoms with van der Waals surface area (Å²) in [5, 5.41) is 0. The summed E-state index contributed by atoms with van der Waals surface area (Å²) >= 11 is 0. The zero-order valence-electron chi connectivity index (χ0n) is 6.80. The molecule has 3 nitrogen and oxygen atoms in total. The van der Waals surface area contributed by atoms with Gasteiger partial charge in [-0.1, -0.05) is 6.92 Å². The molecule has 1 unspecified atom stereocenters. The molecular weight excluding hydrogens is 170 g/mol. The van der Waals surface area contributed by atoms with E-state index in [1.165, 1.54) is 6.92 Å². The van der Waals surface area contributed by atoms with E-state index in [4.69, 9.17) is 0 Å². The Morgan fingerprint density at radius 1 is 1.64 bits per heavy atom. The fraction of sp³-hybridized carbons (Fsp3) is 1.00. The summed E-state index contributed by atoms with van der Waals surface area (Å²) in [4.78, 5) is 0. The summed E-state index contributed by atoms with van der Waals surface area (Å²) < 4.78 is 37.6. The van der Waals surface area contributed by atoms with Gasteiger partial charge in [-0.3, -0.25) is 4.18 Å². The lowest BCUT2D eigenvalue weighted by Crippen LogP contribution is -2.35. The molecule has 0 aromatic rings. The molecule has 0 aliphatic rings. The highest BCUT2D eigenvalue weighted by atomic mass is 32.2. The van der Waals surface area contributed by atoms with Crippen LogP contribution in [-0.2, 0) is 14.3 Å². The molecule has 0 fully saturated rings. The Kier molecular flexibility index (Phi) is 3.50. The average Bonchev–Trinajstić information content (AvgIpc) is 1.84. The Labute approximate surface area is 67.3 Å². The smallest absolute Gasteiger partial charge is 0.339 e. The number of halogens is 1. The number of hydrogen-bond acceptors (Lipinski definition) is 3. The zero-order valence-corrected chi connectivity index (χ0v) is 7.61. The molecule has 1 radical (unpaired) electrons. The second-order valence-corrected chi connectivity index (χ2v) is 4.14. The predicted molar refractivity (Wildman–Crippen MR) is 41.5 cm³/mol. The van der Waals surface area contributed by atoms with Gasteiger partial charge in [-0.15, -0.1) is 0 Å². The quantitative estimate of drug-likeness (QED) is 0.473. The number of hydrogen-bond donors (Lipinski definition) is 0. The summed E-state index contributed by atoms with van der Waals surface area (Å²) in [6.45, 7) is 3.01. The van der Waals surface area contributed by atoms with Crippen LogP contribution in [0.15, 0.2) is 0 Å². The minimum absolute atomic E-state index is 0.244. The maximum Gasteiger partial charge on any atom is 0.390 e. The Bertz CT molecular complexity index is 210. The SMILES string of the molecule is CCC(C)([B]F)OS(C)(=O)=O. The Morgan fingerprint density at radius 3 is 2.18 bits per heavy atom. The lowest BCUT2D eigenvalue weighted by Gasteiger charge is -2.21. The van der Waals surface area contributed by atoms with E-state index in [-0.39, 0.29) is 14.0 Å². The van der Waals surface area contributed by atoms with Gasteiger partial charge in [-0.05, 0) is 13.3 Å². The van der Waals surface area contributed by atoms with Gasteiger partial charge >= 0.3 is 7.56 Å². The Morgan fingerprint density at radius 2 is 2.09 bits per heavy atom. The lowest BCUT2D eigenvalue weighted by molar-refractivity contribution is 0.171. The molecule has 0 spiro atoms. The minimum atomic E-state index is -3.58. The fourth-order valence-electron chi connectivity index (χ4n) is 0.500. The molecule has 0 saturated carbocycles. The van der Waals surface area contributed by atoms with Gasteiger partial charge in [0.15, 0.2) is 0 Å². The zero-order chi connectivity index (χ0) is 9.12. The van der Waals surface area contributed by atoms with Crippen LogP contribution in [0.2, 0.25) is 0 Å². The highest BCUT2D eigenvalue weighted by Crippen LogP contribution is 2.16. The molecule has 0 N–H and O–H groups in total. The van der Waals surface area contributed by atoms with E-state index in [1.807, 2.05) is 0 Å². The van der Waals surface area contributed by atoms with Crippen LogP contribution in [0, 0.1) is 0 Å². The summed E-state index contributed by atoms with van der Waals surface area (Å²) in [5.41, 5.74) is -1.31. The van der Waals surface area contributed by atoms with Crippen LogP contribution in [0.5, 0.6) is 0 Å². The fourth-order valence-corrected chi connectivity index (χ4v) is 1.35. The molecule has 0 aromatic heterocycles. The van der Waals surface area contributed by atoms with Crippen LogP contribution >= 0.6 is 0 Å². The largest absolute Gasteiger partial charge is 0.390 e. The normalized spacial score (nSPS) is 17.5. The first-order valence-corrected chi connectivity index (χ1v) is 5.00. The van der Waals surface area contributed by atoms with Crippen molar-refractivity contribution in [3.63, 3.8) is 0 Å². The van der Waals surface area contributed by atoms with E-state index in [0.717, 1.165) is 6.26 Å². The number of rotatable bonds is 4. The molecule has 0 saturated heterocycles. The molecule has 11 heavy (non-hydrogen) atoms. The van der Waals surface area contributed by atoms with E-state index < -0.39 is 15.6 Å². The molecule has 1 atom stereocenters. The Hall–Kier alpha value is -0.0951. The summed E-state index contributed by atoms with van der Waals surface area (Å²) in [5.74, 6) is 0. The predicted octanol–water partition coefficient (Wildman–Crippen LogP) is 0.677. The third kappa shape index (κ3) is 4.37. The molecule has 0 heterocycles. The van der Waals surface area contributed by atoms with E-state index in [1.54, 1.807) is 6.92 Å². The van der Waals surface area contributed by atoms with Gasteiger partial charge in [0.25, 0.3) is 10.1 Å². The third-order valence-electron chi connectivity index (χ3n) is 1.27. The maximum atomic E-state index is 12.1. The van der Waals surface area contributed by atoms with E-state index in [0.29, 0.717) is 0 Å². The van der Waals surface area contributed by atoms with Gasteiger partial charge in [0.05, 0.1) is 11.8 Å². The highest BCUT2D eigenvalue weighted by molar-refractivity contribution is 7.86. The van der Waals surface area contributed by atoms with Gasteiger partial charge in [0, 0.05) is 0 Å². The van der Waals surface area contributed by atoms with Crippen molar-refractivity contribution < 1.29 is 16.9 Å². The van der Waals surface area contributed by atoms with Crippen LogP contribution in [0.25, 0.3) is 0 Å². The molecule has 65 valence electrons. The minimum Gasteiger partial charge on any atom is -0.339 e. The topological polar surface area (TPSA) is 43.4 Å². The first kappa shape index (κ1) is 10.9. The van der Waals surface area contributed by atoms with E-state index in [9.17, 15) is 12.7 Å². The van der Waals surface area contributed by atoms with E-state index in [2.05, 4.69) is 4.18 Å². The average molecular weight is 181 g/mol. The summed E-state index contributed by atoms with van der Waals surface area (Å²) in [7, 11) is -3.33. The maximum absolute atomic E-state index is 12.1. The van der Waals surface area contributed by atoms with Crippen molar-refractivity contribution in [1.29, 1.82) is 0 Å². The third-order valence-corrected chi connectivity index (χ3v) is 1.96. The molecular formula is C5H11BFO3S. The van der Waals surface area contributed by atoms with Crippen molar-refractivity contribution in [2.45, 2.75) is 25.8 Å². The van der Waals surface area contributed by atoms with Crippen molar-refractivity contribution in [3.8, 4) is 0 Å². The van der Waals surface area contributed by atoms with Crippen molar-refractivity contribution >= 4 is 17.7 Å². The molecule has 0 amide bonds.